The molecule has 0 spiro atoms. The van der Waals surface area contributed by atoms with E-state index in [0.717, 1.165) is 48.3 Å². The first kappa shape index (κ1) is 20.7. The summed E-state index contributed by atoms with van der Waals surface area (Å²) in [5, 5.41) is 0.649. The molecule has 6 heteroatoms. The molecule has 1 saturated heterocycles. The van der Waals surface area contributed by atoms with Crippen LogP contribution >= 0.6 is 11.6 Å². The van der Waals surface area contributed by atoms with Crippen LogP contribution in [0.5, 0.6) is 5.75 Å². The smallest absolute Gasteiger partial charge is 0.409 e. The number of aryl methyl sites for hydroxylation is 1. The Morgan fingerprint density at radius 1 is 1.10 bits per heavy atom. The molecule has 2 aromatic rings. The summed E-state index contributed by atoms with van der Waals surface area (Å²) in [7, 11) is 0. The first-order valence-electron chi connectivity index (χ1n) is 10.7. The Morgan fingerprint density at radius 2 is 1.90 bits per heavy atom. The van der Waals surface area contributed by atoms with Crippen LogP contribution in [0.3, 0.4) is 0 Å². The highest BCUT2D eigenvalue weighted by Gasteiger charge is 2.28. The number of piperidine rings is 1. The predicted molar refractivity (Wildman–Crippen MR) is 118 cm³/mol. The van der Waals surface area contributed by atoms with E-state index in [2.05, 4.69) is 12.1 Å². The average molecular weight is 427 g/mol. The number of rotatable bonds is 3. The lowest BCUT2D eigenvalue weighted by molar-refractivity contribution is 0.104. The van der Waals surface area contributed by atoms with Crippen LogP contribution in [-0.4, -0.2) is 42.3 Å². The van der Waals surface area contributed by atoms with Crippen LogP contribution < -0.4 is 4.74 Å². The lowest BCUT2D eigenvalue weighted by Gasteiger charge is -2.29. The molecule has 2 aliphatic rings. The van der Waals surface area contributed by atoms with Gasteiger partial charge in [0.15, 0.2) is 0 Å². The van der Waals surface area contributed by atoms with Crippen molar-refractivity contribution < 1.29 is 14.3 Å². The van der Waals surface area contributed by atoms with E-state index in [-0.39, 0.29) is 6.09 Å². The minimum absolute atomic E-state index is 0.230. The van der Waals surface area contributed by atoms with Crippen molar-refractivity contribution in [3.8, 4) is 5.75 Å². The molecular weight excluding hydrogens is 400 g/mol. The summed E-state index contributed by atoms with van der Waals surface area (Å²) in [5.41, 5.74) is 7.09. The normalized spacial score (nSPS) is 15.9. The molecule has 1 amide bonds. The maximum atomic E-state index is 12.1. The maximum absolute atomic E-state index is 12.1. The monoisotopic (exact) mass is 426 g/mol. The molecule has 1 aromatic heterocycles. The molecule has 30 heavy (non-hydrogen) atoms. The zero-order chi connectivity index (χ0) is 21.1. The highest BCUT2D eigenvalue weighted by atomic mass is 35.5. The minimum atomic E-state index is -0.230. The van der Waals surface area contributed by atoms with E-state index in [1.807, 2.05) is 32.2 Å². The topological polar surface area (TPSA) is 51.7 Å². The van der Waals surface area contributed by atoms with Gasteiger partial charge in [-0.05, 0) is 62.8 Å². The summed E-state index contributed by atoms with van der Waals surface area (Å²) in [6, 6.07) is 8.18. The van der Waals surface area contributed by atoms with Gasteiger partial charge >= 0.3 is 6.09 Å². The number of carbonyl (C=O) groups excluding carboxylic acids is 1. The third-order valence-corrected chi connectivity index (χ3v) is 6.09. The summed E-state index contributed by atoms with van der Waals surface area (Å²) in [6.45, 7) is 6.09. The van der Waals surface area contributed by atoms with Crippen molar-refractivity contribution in [2.24, 2.45) is 0 Å². The van der Waals surface area contributed by atoms with Crippen LogP contribution in [0.1, 0.15) is 49.1 Å². The summed E-state index contributed by atoms with van der Waals surface area (Å²) < 4.78 is 11.1. The van der Waals surface area contributed by atoms with Crippen LogP contribution in [-0.2, 0) is 17.6 Å². The van der Waals surface area contributed by atoms with Gasteiger partial charge in [0.1, 0.15) is 5.75 Å². The van der Waals surface area contributed by atoms with Crippen molar-refractivity contribution in [1.82, 2.24) is 9.88 Å². The summed E-state index contributed by atoms with van der Waals surface area (Å²) in [6.07, 6.45) is 4.98. The van der Waals surface area contributed by atoms with E-state index in [1.54, 1.807) is 4.90 Å². The van der Waals surface area contributed by atoms with E-state index < -0.39 is 0 Å². The summed E-state index contributed by atoms with van der Waals surface area (Å²) in [5.74, 6) is 0.784. The van der Waals surface area contributed by atoms with Gasteiger partial charge < -0.3 is 14.4 Å². The zero-order valence-corrected chi connectivity index (χ0v) is 18.3. The largest absolute Gasteiger partial charge is 0.492 e. The fourth-order valence-corrected chi connectivity index (χ4v) is 4.65. The number of pyridine rings is 1. The number of hydrogen-bond donors (Lipinski definition) is 0. The number of nitrogens with zero attached hydrogens (tertiary/aromatic N) is 2. The number of ether oxygens (including phenoxy) is 2. The van der Waals surface area contributed by atoms with Gasteiger partial charge in [-0.2, -0.15) is 0 Å². The lowest BCUT2D eigenvalue weighted by atomic mass is 9.88. The van der Waals surface area contributed by atoms with Crippen LogP contribution in [0.25, 0.3) is 5.57 Å². The Morgan fingerprint density at radius 3 is 2.63 bits per heavy atom. The van der Waals surface area contributed by atoms with Crippen LogP contribution in [0.15, 0.2) is 36.0 Å². The molecule has 0 unspecified atom stereocenters. The van der Waals surface area contributed by atoms with Gasteiger partial charge in [-0.3, -0.25) is 4.98 Å². The summed E-state index contributed by atoms with van der Waals surface area (Å²) in [4.78, 5) is 18.7. The van der Waals surface area contributed by atoms with Crippen LogP contribution in [0.4, 0.5) is 4.79 Å². The Balaban J connectivity index is 1.80. The molecule has 0 radical (unpaired) electrons. The second-order valence-electron chi connectivity index (χ2n) is 7.51. The number of fused-ring (bicyclic) bond motifs is 2. The van der Waals surface area contributed by atoms with Crippen LogP contribution in [0, 0.1) is 0 Å². The van der Waals surface area contributed by atoms with Crippen molar-refractivity contribution in [3.05, 3.63) is 63.4 Å². The Bertz CT molecular complexity index is 976. The van der Waals surface area contributed by atoms with Crippen molar-refractivity contribution >= 4 is 23.3 Å². The number of carbonyl (C=O) groups is 1. The molecule has 2 heterocycles. The molecule has 0 saturated carbocycles. The molecule has 1 fully saturated rings. The third-order valence-electron chi connectivity index (χ3n) is 5.79. The number of hydrogen-bond acceptors (Lipinski definition) is 4. The predicted octanol–water partition coefficient (Wildman–Crippen LogP) is 5.29. The zero-order valence-electron chi connectivity index (χ0n) is 17.5. The molecule has 5 nitrogen and oxygen atoms in total. The highest BCUT2D eigenvalue weighted by molar-refractivity contribution is 6.32. The molecule has 0 atom stereocenters. The SMILES string of the molecule is CCOC(=O)N1CCC(=C2c3ccc(Cl)c(OCC)c3CCc3cccnc32)CC1. The van der Waals surface area contributed by atoms with Gasteiger partial charge in [0.05, 0.1) is 23.9 Å². The molecule has 0 bridgehead atoms. The molecule has 158 valence electrons. The Labute approximate surface area is 182 Å². The molecule has 1 aromatic carbocycles. The first-order valence-corrected chi connectivity index (χ1v) is 11.0. The molecule has 0 N–H and O–H groups in total. The van der Waals surface area contributed by atoms with Gasteiger partial charge in [0.2, 0.25) is 0 Å². The Kier molecular flexibility index (Phi) is 6.28. The second kappa shape index (κ2) is 9.09. The first-order chi connectivity index (χ1) is 14.6. The fourth-order valence-electron chi connectivity index (χ4n) is 4.42. The highest BCUT2D eigenvalue weighted by Crippen LogP contribution is 2.43. The van der Waals surface area contributed by atoms with E-state index in [0.29, 0.717) is 31.3 Å². The molecule has 1 aliphatic carbocycles. The van der Waals surface area contributed by atoms with Crippen molar-refractivity contribution in [2.45, 2.75) is 39.5 Å². The molecule has 1 aliphatic heterocycles. The van der Waals surface area contributed by atoms with Gasteiger partial charge in [-0.15, -0.1) is 0 Å². The third kappa shape index (κ3) is 3.91. The fraction of sp³-hybridized carbons (Fsp3) is 0.417. The number of amides is 1. The number of halogens is 1. The van der Waals surface area contributed by atoms with Gasteiger partial charge in [0.25, 0.3) is 0 Å². The van der Waals surface area contributed by atoms with Gasteiger partial charge in [-0.25, -0.2) is 4.79 Å². The lowest BCUT2D eigenvalue weighted by Crippen LogP contribution is -2.37. The Hall–Kier alpha value is -2.53. The van der Waals surface area contributed by atoms with Crippen LogP contribution in [0.2, 0.25) is 5.02 Å². The molecular formula is C24H27ClN2O3. The van der Waals surface area contributed by atoms with Gasteiger partial charge in [-0.1, -0.05) is 29.3 Å². The van der Waals surface area contributed by atoms with Crippen molar-refractivity contribution in [2.75, 3.05) is 26.3 Å². The second-order valence-corrected chi connectivity index (χ2v) is 7.92. The standard InChI is InChI=1S/C24H27ClN2O3/c1-3-29-23-19-8-7-17-6-5-13-26-22(17)21(18(19)9-10-20(23)25)16-11-14-27(15-12-16)24(28)30-4-2/h5-6,9-10,13H,3-4,7-8,11-12,14-15H2,1-2H3. The van der Waals surface area contributed by atoms with Gasteiger partial charge in [0, 0.05) is 30.4 Å². The van der Waals surface area contributed by atoms with E-state index in [4.69, 9.17) is 26.1 Å². The van der Waals surface area contributed by atoms with Crippen molar-refractivity contribution in [3.63, 3.8) is 0 Å². The van der Waals surface area contributed by atoms with E-state index >= 15 is 0 Å². The van der Waals surface area contributed by atoms with E-state index in [9.17, 15) is 4.79 Å². The number of benzene rings is 1. The molecule has 4 rings (SSSR count). The number of aromatic nitrogens is 1. The number of likely N-dealkylation sites (tertiary alicyclic amines) is 1. The van der Waals surface area contributed by atoms with Crippen molar-refractivity contribution in [1.29, 1.82) is 0 Å². The minimum Gasteiger partial charge on any atom is -0.492 e. The summed E-state index contributed by atoms with van der Waals surface area (Å²) >= 11 is 6.51. The maximum Gasteiger partial charge on any atom is 0.409 e. The average Bonchev–Trinajstić information content (AvgIpc) is 2.93. The van der Waals surface area contributed by atoms with E-state index in [1.165, 1.54) is 16.7 Å². The quantitative estimate of drug-likeness (QED) is 0.669.